The molecule has 2 aromatic rings. The van der Waals surface area contributed by atoms with Crippen LogP contribution in [-0.2, 0) is 6.54 Å². The third-order valence-electron chi connectivity index (χ3n) is 3.68. The van der Waals surface area contributed by atoms with Crippen LogP contribution < -0.4 is 4.90 Å². The molecule has 0 bridgehead atoms. The molecule has 1 N–H and O–H groups in total. The predicted molar refractivity (Wildman–Crippen MR) is 83.5 cm³/mol. The average Bonchev–Trinajstić information content (AvgIpc) is 2.46. The van der Waals surface area contributed by atoms with Crippen LogP contribution >= 0.6 is 23.2 Å². The Kier molecular flexibility index (Phi) is 3.88. The van der Waals surface area contributed by atoms with E-state index in [9.17, 15) is 5.11 Å². The zero-order chi connectivity index (χ0) is 14.1. The molecule has 0 amide bonds. The Bertz CT molecular complexity index is 630. The van der Waals surface area contributed by atoms with Crippen LogP contribution in [0.3, 0.4) is 0 Å². The lowest BCUT2D eigenvalue weighted by atomic mass is 9.98. The average molecular weight is 308 g/mol. The van der Waals surface area contributed by atoms with Gasteiger partial charge in [0.1, 0.15) is 0 Å². The number of hydrogen-bond acceptors (Lipinski definition) is 2. The van der Waals surface area contributed by atoms with Crippen molar-refractivity contribution in [1.29, 1.82) is 0 Å². The van der Waals surface area contributed by atoms with Crippen molar-refractivity contribution >= 4 is 28.9 Å². The van der Waals surface area contributed by atoms with Crippen LogP contribution in [-0.4, -0.2) is 11.7 Å². The third-order valence-corrected chi connectivity index (χ3v) is 4.28. The molecule has 2 nitrogen and oxygen atoms in total. The van der Waals surface area contributed by atoms with Gasteiger partial charge in [-0.15, -0.1) is 0 Å². The van der Waals surface area contributed by atoms with Crippen LogP contribution in [0.5, 0.6) is 0 Å². The van der Waals surface area contributed by atoms with E-state index in [1.165, 1.54) is 0 Å². The SMILES string of the molecule is OC1CCN(Cc2cc(Cl)ccc2Cl)c2ccccc21. The van der Waals surface area contributed by atoms with Gasteiger partial charge in [-0.05, 0) is 36.2 Å². The lowest BCUT2D eigenvalue weighted by Crippen LogP contribution is -2.30. The van der Waals surface area contributed by atoms with Gasteiger partial charge < -0.3 is 10.0 Å². The van der Waals surface area contributed by atoms with Gasteiger partial charge in [-0.3, -0.25) is 0 Å². The molecule has 0 spiro atoms. The van der Waals surface area contributed by atoms with Crippen LogP contribution in [0, 0.1) is 0 Å². The number of rotatable bonds is 2. The summed E-state index contributed by atoms with van der Waals surface area (Å²) in [6.07, 6.45) is 0.354. The summed E-state index contributed by atoms with van der Waals surface area (Å²) >= 11 is 12.3. The lowest BCUT2D eigenvalue weighted by molar-refractivity contribution is 0.164. The second kappa shape index (κ2) is 5.65. The minimum atomic E-state index is -0.378. The molecular formula is C16H15Cl2NO. The van der Waals surface area contributed by atoms with Crippen LogP contribution in [0.4, 0.5) is 5.69 Å². The lowest BCUT2D eigenvalue weighted by Gasteiger charge is -2.34. The summed E-state index contributed by atoms with van der Waals surface area (Å²) in [7, 11) is 0. The Morgan fingerprint density at radius 2 is 1.95 bits per heavy atom. The molecule has 104 valence electrons. The van der Waals surface area contributed by atoms with E-state index in [-0.39, 0.29) is 6.10 Å². The Balaban J connectivity index is 1.92. The quantitative estimate of drug-likeness (QED) is 0.886. The highest BCUT2D eigenvalue weighted by Crippen LogP contribution is 2.35. The molecule has 0 saturated heterocycles. The smallest absolute Gasteiger partial charge is 0.0826 e. The van der Waals surface area contributed by atoms with Crippen molar-refractivity contribution < 1.29 is 5.11 Å². The number of aliphatic hydroxyl groups is 1. The molecule has 4 heteroatoms. The molecule has 0 aliphatic carbocycles. The first-order valence-corrected chi connectivity index (χ1v) is 7.36. The van der Waals surface area contributed by atoms with E-state index in [0.29, 0.717) is 11.6 Å². The van der Waals surface area contributed by atoms with Gasteiger partial charge in [-0.2, -0.15) is 0 Å². The standard InChI is InChI=1S/C16H15Cl2NO/c17-12-5-6-14(18)11(9-12)10-19-8-7-16(20)13-3-1-2-4-15(13)19/h1-6,9,16,20H,7-8,10H2. The van der Waals surface area contributed by atoms with E-state index in [1.54, 1.807) is 6.07 Å². The van der Waals surface area contributed by atoms with Crippen LogP contribution in [0.2, 0.25) is 10.0 Å². The van der Waals surface area contributed by atoms with Gasteiger partial charge in [0.15, 0.2) is 0 Å². The fraction of sp³-hybridized carbons (Fsp3) is 0.250. The number of hydrogen-bond donors (Lipinski definition) is 1. The highest BCUT2D eigenvalue weighted by Gasteiger charge is 2.23. The first-order chi connectivity index (χ1) is 9.65. The molecule has 3 rings (SSSR count). The molecule has 1 unspecified atom stereocenters. The van der Waals surface area contributed by atoms with Gasteiger partial charge in [0.05, 0.1) is 6.10 Å². The first-order valence-electron chi connectivity index (χ1n) is 6.61. The van der Waals surface area contributed by atoms with Crippen molar-refractivity contribution in [1.82, 2.24) is 0 Å². The second-order valence-corrected chi connectivity index (χ2v) is 5.86. The zero-order valence-corrected chi connectivity index (χ0v) is 12.4. The molecule has 20 heavy (non-hydrogen) atoms. The summed E-state index contributed by atoms with van der Waals surface area (Å²) in [6, 6.07) is 13.5. The highest BCUT2D eigenvalue weighted by atomic mass is 35.5. The number of halogens is 2. The molecule has 1 atom stereocenters. The van der Waals surface area contributed by atoms with Gasteiger partial charge in [-0.25, -0.2) is 0 Å². The topological polar surface area (TPSA) is 23.5 Å². The normalized spacial score (nSPS) is 17.9. The Morgan fingerprint density at radius 3 is 2.80 bits per heavy atom. The summed E-state index contributed by atoms with van der Waals surface area (Å²) in [6.45, 7) is 1.50. The molecule has 2 aromatic carbocycles. The van der Waals surface area contributed by atoms with Crippen LogP contribution in [0.15, 0.2) is 42.5 Å². The molecule has 0 radical (unpaired) electrons. The molecule has 1 aliphatic rings. The fourth-order valence-electron chi connectivity index (χ4n) is 2.65. The van der Waals surface area contributed by atoms with Crippen molar-refractivity contribution in [2.75, 3.05) is 11.4 Å². The Hall–Kier alpha value is -1.22. The molecule has 0 aromatic heterocycles. The summed E-state index contributed by atoms with van der Waals surface area (Å²) in [5, 5.41) is 11.5. The number of para-hydroxylation sites is 1. The van der Waals surface area contributed by atoms with E-state index in [4.69, 9.17) is 23.2 Å². The van der Waals surface area contributed by atoms with Gasteiger partial charge in [0.25, 0.3) is 0 Å². The molecule has 1 aliphatic heterocycles. The molecule has 0 fully saturated rings. The van der Waals surface area contributed by atoms with Crippen molar-refractivity contribution in [3.05, 3.63) is 63.6 Å². The Morgan fingerprint density at radius 1 is 1.15 bits per heavy atom. The molecule has 1 heterocycles. The number of aliphatic hydroxyl groups excluding tert-OH is 1. The number of nitrogens with zero attached hydrogens (tertiary/aromatic N) is 1. The van der Waals surface area contributed by atoms with Gasteiger partial charge in [-0.1, -0.05) is 41.4 Å². The Labute approximate surface area is 128 Å². The maximum atomic E-state index is 10.1. The maximum Gasteiger partial charge on any atom is 0.0826 e. The largest absolute Gasteiger partial charge is 0.388 e. The van der Waals surface area contributed by atoms with E-state index >= 15 is 0 Å². The summed E-state index contributed by atoms with van der Waals surface area (Å²) in [4.78, 5) is 2.24. The number of fused-ring (bicyclic) bond motifs is 1. The zero-order valence-electron chi connectivity index (χ0n) is 10.9. The maximum absolute atomic E-state index is 10.1. The van der Waals surface area contributed by atoms with E-state index in [1.807, 2.05) is 36.4 Å². The summed E-state index contributed by atoms with van der Waals surface area (Å²) in [5.74, 6) is 0. The molecule has 0 saturated carbocycles. The van der Waals surface area contributed by atoms with E-state index < -0.39 is 0 Å². The fourth-order valence-corrected chi connectivity index (χ4v) is 3.02. The van der Waals surface area contributed by atoms with Crippen LogP contribution in [0.1, 0.15) is 23.7 Å². The van der Waals surface area contributed by atoms with Crippen molar-refractivity contribution in [3.8, 4) is 0 Å². The van der Waals surface area contributed by atoms with E-state index in [2.05, 4.69) is 4.90 Å². The second-order valence-electron chi connectivity index (χ2n) is 5.02. The van der Waals surface area contributed by atoms with Gasteiger partial charge >= 0.3 is 0 Å². The van der Waals surface area contributed by atoms with Gasteiger partial charge in [0, 0.05) is 34.4 Å². The van der Waals surface area contributed by atoms with E-state index in [0.717, 1.165) is 34.8 Å². The first kappa shape index (κ1) is 13.7. The minimum absolute atomic E-state index is 0.378. The third kappa shape index (κ3) is 2.64. The van der Waals surface area contributed by atoms with Gasteiger partial charge in [0.2, 0.25) is 0 Å². The number of benzene rings is 2. The highest BCUT2D eigenvalue weighted by molar-refractivity contribution is 6.33. The predicted octanol–water partition coefficient (Wildman–Crippen LogP) is 4.44. The summed E-state index contributed by atoms with van der Waals surface area (Å²) in [5.41, 5.74) is 3.06. The van der Waals surface area contributed by atoms with Crippen molar-refractivity contribution in [3.63, 3.8) is 0 Å². The molecular weight excluding hydrogens is 293 g/mol. The number of anilines is 1. The van der Waals surface area contributed by atoms with Crippen molar-refractivity contribution in [2.24, 2.45) is 0 Å². The summed E-state index contributed by atoms with van der Waals surface area (Å²) < 4.78 is 0. The minimum Gasteiger partial charge on any atom is -0.388 e. The monoisotopic (exact) mass is 307 g/mol. The van der Waals surface area contributed by atoms with Crippen LogP contribution in [0.25, 0.3) is 0 Å². The van der Waals surface area contributed by atoms with Crippen molar-refractivity contribution in [2.45, 2.75) is 19.1 Å².